The number of anilines is 1. The van der Waals surface area contributed by atoms with Crippen molar-refractivity contribution < 1.29 is 14.3 Å². The molecule has 0 saturated heterocycles. The normalized spacial score (nSPS) is 10.2. The zero-order chi connectivity index (χ0) is 15.7. The third-order valence-electron chi connectivity index (χ3n) is 2.96. The highest BCUT2D eigenvalue weighted by molar-refractivity contribution is 5.96. The molecule has 2 amide bonds. The van der Waals surface area contributed by atoms with E-state index in [4.69, 9.17) is 10.5 Å². The van der Waals surface area contributed by atoms with E-state index in [0.29, 0.717) is 37.5 Å². The minimum atomic E-state index is -0.244. The number of nitrogens with two attached hydrogens (primary N) is 1. The van der Waals surface area contributed by atoms with Gasteiger partial charge in [0.05, 0.1) is 6.61 Å². The number of ether oxygens (including phenoxy) is 1. The number of carbonyl (C=O) groups excluding carboxylic acids is 2. The van der Waals surface area contributed by atoms with Gasteiger partial charge in [-0.15, -0.1) is 0 Å². The summed E-state index contributed by atoms with van der Waals surface area (Å²) < 4.78 is 5.04. The van der Waals surface area contributed by atoms with Crippen LogP contribution in [-0.4, -0.2) is 49.6 Å². The second-order valence-corrected chi connectivity index (χ2v) is 4.44. The van der Waals surface area contributed by atoms with E-state index < -0.39 is 0 Å². The third kappa shape index (κ3) is 5.53. The van der Waals surface area contributed by atoms with Crippen molar-refractivity contribution in [2.75, 3.05) is 38.2 Å². The Kier molecular flexibility index (Phi) is 7.42. The Morgan fingerprint density at radius 2 is 1.81 bits per heavy atom. The summed E-state index contributed by atoms with van der Waals surface area (Å²) in [6, 6.07) is 6.82. The van der Waals surface area contributed by atoms with Gasteiger partial charge in [0.2, 0.25) is 5.91 Å². The van der Waals surface area contributed by atoms with Crippen LogP contribution in [0.25, 0.3) is 0 Å². The predicted molar refractivity (Wildman–Crippen MR) is 82.2 cm³/mol. The van der Waals surface area contributed by atoms with E-state index in [2.05, 4.69) is 5.32 Å². The minimum Gasteiger partial charge on any atom is -0.370 e. The highest BCUT2D eigenvalue weighted by Gasteiger charge is 2.12. The maximum atomic E-state index is 12.1. The van der Waals surface area contributed by atoms with Crippen LogP contribution in [-0.2, 0) is 9.53 Å². The lowest BCUT2D eigenvalue weighted by Crippen LogP contribution is -2.30. The Bertz CT molecular complexity index is 456. The molecule has 0 radical (unpaired) electrons. The summed E-state index contributed by atoms with van der Waals surface area (Å²) in [7, 11) is 0. The summed E-state index contributed by atoms with van der Waals surface area (Å²) >= 11 is 0. The maximum absolute atomic E-state index is 12.1. The molecule has 0 saturated carbocycles. The fraction of sp³-hybridized carbons (Fsp3) is 0.467. The average Bonchev–Trinajstić information content (AvgIpc) is 2.49. The topological polar surface area (TPSA) is 84.7 Å². The summed E-state index contributed by atoms with van der Waals surface area (Å²) in [6.07, 6.45) is 0. The van der Waals surface area contributed by atoms with Crippen molar-refractivity contribution in [1.29, 1.82) is 0 Å². The van der Waals surface area contributed by atoms with Gasteiger partial charge in [-0.05, 0) is 38.1 Å². The van der Waals surface area contributed by atoms with Crippen molar-refractivity contribution >= 4 is 17.5 Å². The summed E-state index contributed by atoms with van der Waals surface area (Å²) in [5.74, 6) is -0.254. The molecular formula is C15H23N3O3. The monoisotopic (exact) mass is 293 g/mol. The van der Waals surface area contributed by atoms with Gasteiger partial charge >= 0.3 is 0 Å². The van der Waals surface area contributed by atoms with E-state index in [0.717, 1.165) is 0 Å². The lowest BCUT2D eigenvalue weighted by molar-refractivity contribution is -0.120. The zero-order valence-electron chi connectivity index (χ0n) is 12.6. The first kappa shape index (κ1) is 17.1. The van der Waals surface area contributed by atoms with Crippen LogP contribution in [0.5, 0.6) is 0 Å². The van der Waals surface area contributed by atoms with Gasteiger partial charge in [-0.25, -0.2) is 0 Å². The van der Waals surface area contributed by atoms with E-state index in [-0.39, 0.29) is 18.4 Å². The van der Waals surface area contributed by atoms with Crippen LogP contribution >= 0.6 is 0 Å². The lowest BCUT2D eigenvalue weighted by Gasteiger charge is -2.18. The fourth-order valence-corrected chi connectivity index (χ4v) is 1.83. The van der Waals surface area contributed by atoms with Crippen molar-refractivity contribution in [3.05, 3.63) is 29.8 Å². The summed E-state index contributed by atoms with van der Waals surface area (Å²) in [5.41, 5.74) is 6.51. The van der Waals surface area contributed by atoms with E-state index in [9.17, 15) is 9.59 Å². The van der Waals surface area contributed by atoms with Crippen LogP contribution in [0.3, 0.4) is 0 Å². The molecule has 0 aliphatic heterocycles. The van der Waals surface area contributed by atoms with E-state index in [1.165, 1.54) is 0 Å². The van der Waals surface area contributed by atoms with Gasteiger partial charge in [0.25, 0.3) is 5.91 Å². The van der Waals surface area contributed by atoms with Crippen LogP contribution in [0.1, 0.15) is 24.2 Å². The number of hydrogen-bond donors (Lipinski definition) is 2. The van der Waals surface area contributed by atoms with Crippen molar-refractivity contribution in [3.63, 3.8) is 0 Å². The van der Waals surface area contributed by atoms with Gasteiger partial charge in [-0.3, -0.25) is 9.59 Å². The maximum Gasteiger partial charge on any atom is 0.253 e. The molecule has 1 aromatic rings. The summed E-state index contributed by atoms with van der Waals surface area (Å²) in [4.78, 5) is 25.4. The second-order valence-electron chi connectivity index (χ2n) is 4.44. The van der Waals surface area contributed by atoms with Crippen LogP contribution in [0, 0.1) is 0 Å². The molecular weight excluding hydrogens is 270 g/mol. The highest BCUT2D eigenvalue weighted by Crippen LogP contribution is 2.11. The highest BCUT2D eigenvalue weighted by atomic mass is 16.5. The van der Waals surface area contributed by atoms with Crippen molar-refractivity contribution in [3.8, 4) is 0 Å². The number of rotatable bonds is 8. The quantitative estimate of drug-likeness (QED) is 0.702. The Balaban J connectivity index is 2.57. The summed E-state index contributed by atoms with van der Waals surface area (Å²) in [6.45, 7) is 5.94. The third-order valence-corrected chi connectivity index (χ3v) is 2.96. The van der Waals surface area contributed by atoms with Crippen LogP contribution in [0.15, 0.2) is 24.3 Å². The van der Waals surface area contributed by atoms with Gasteiger partial charge in [-0.2, -0.15) is 0 Å². The van der Waals surface area contributed by atoms with Gasteiger partial charge in [0.15, 0.2) is 0 Å². The molecule has 3 N–H and O–H groups in total. The summed E-state index contributed by atoms with van der Waals surface area (Å²) in [5, 5.41) is 2.69. The minimum absolute atomic E-state index is 0.0100. The molecule has 1 aromatic carbocycles. The smallest absolute Gasteiger partial charge is 0.253 e. The molecule has 116 valence electrons. The van der Waals surface area contributed by atoms with Crippen LogP contribution in [0.4, 0.5) is 5.69 Å². The fourth-order valence-electron chi connectivity index (χ4n) is 1.83. The lowest BCUT2D eigenvalue weighted by atomic mass is 10.2. The Hall–Kier alpha value is -1.92. The number of benzene rings is 1. The largest absolute Gasteiger partial charge is 0.370 e. The Morgan fingerprint density at radius 1 is 1.19 bits per heavy atom. The number of hydrogen-bond acceptors (Lipinski definition) is 4. The molecule has 0 unspecified atom stereocenters. The number of amides is 2. The molecule has 0 heterocycles. The van der Waals surface area contributed by atoms with Crippen molar-refractivity contribution in [2.45, 2.75) is 13.8 Å². The Labute approximate surface area is 125 Å². The molecule has 0 aliphatic rings. The molecule has 6 heteroatoms. The molecule has 0 fully saturated rings. The number of nitrogens with zero attached hydrogens (tertiary/aromatic N) is 1. The number of carbonyl (C=O) groups is 2. The average molecular weight is 293 g/mol. The molecule has 0 aliphatic carbocycles. The molecule has 0 spiro atoms. The first-order valence-corrected chi connectivity index (χ1v) is 7.09. The molecule has 0 aromatic heterocycles. The standard InChI is InChI=1S/C15H23N3O3/c1-3-18(4-2)15(20)12-5-7-13(8-6-12)17-14(19)11-21-10-9-16/h5-8H,3-4,9-11,16H2,1-2H3,(H,17,19). The molecule has 6 nitrogen and oxygen atoms in total. The van der Waals surface area contributed by atoms with Crippen LogP contribution < -0.4 is 11.1 Å². The predicted octanol–water partition coefficient (Wildman–Crippen LogP) is 1.08. The van der Waals surface area contributed by atoms with Gasteiger partial charge in [0, 0.05) is 30.9 Å². The molecule has 21 heavy (non-hydrogen) atoms. The first-order chi connectivity index (χ1) is 10.1. The van der Waals surface area contributed by atoms with Gasteiger partial charge < -0.3 is 20.7 Å². The van der Waals surface area contributed by atoms with E-state index in [1.54, 1.807) is 29.2 Å². The SMILES string of the molecule is CCN(CC)C(=O)c1ccc(NC(=O)COCCN)cc1. The van der Waals surface area contributed by atoms with E-state index in [1.807, 2.05) is 13.8 Å². The molecule has 1 rings (SSSR count). The van der Waals surface area contributed by atoms with Gasteiger partial charge in [0.1, 0.15) is 6.61 Å². The molecule has 0 bridgehead atoms. The van der Waals surface area contributed by atoms with Crippen LogP contribution in [0.2, 0.25) is 0 Å². The van der Waals surface area contributed by atoms with E-state index >= 15 is 0 Å². The second kappa shape index (κ2) is 9.10. The number of nitrogens with one attached hydrogen (secondary N) is 1. The Morgan fingerprint density at radius 3 is 2.33 bits per heavy atom. The first-order valence-electron chi connectivity index (χ1n) is 7.09. The van der Waals surface area contributed by atoms with Crippen molar-refractivity contribution in [1.82, 2.24) is 4.90 Å². The molecule has 0 atom stereocenters. The van der Waals surface area contributed by atoms with Crippen molar-refractivity contribution in [2.24, 2.45) is 5.73 Å². The van der Waals surface area contributed by atoms with Gasteiger partial charge in [-0.1, -0.05) is 0 Å². The zero-order valence-corrected chi connectivity index (χ0v) is 12.6.